The summed E-state index contributed by atoms with van der Waals surface area (Å²) in [5.74, 6) is -1.28. The van der Waals surface area contributed by atoms with Crippen LogP contribution in [0.15, 0.2) is 109 Å². The number of esters is 1. The van der Waals surface area contributed by atoms with Crippen molar-refractivity contribution in [3.63, 3.8) is 0 Å². The Bertz CT molecular complexity index is 1700. The van der Waals surface area contributed by atoms with Crippen LogP contribution in [-0.4, -0.2) is 99.6 Å². The lowest BCUT2D eigenvalue weighted by Crippen LogP contribution is -2.61. The Morgan fingerprint density at radius 2 is 0.873 bits per heavy atom. The zero-order chi connectivity index (χ0) is 57.5. The van der Waals surface area contributed by atoms with Crippen LogP contribution in [0.4, 0.5) is 0 Å². The smallest absolute Gasteiger partial charge is 0.306 e. The van der Waals surface area contributed by atoms with Crippen molar-refractivity contribution in [3.8, 4) is 0 Å². The minimum absolute atomic E-state index is 0.0902. The largest absolute Gasteiger partial charge is 0.454 e. The second-order valence-corrected chi connectivity index (χ2v) is 21.4. The number of aliphatic hydroxyl groups is 5. The first-order valence-corrected chi connectivity index (χ1v) is 31.7. The minimum atomic E-state index is -1.64. The first-order valence-electron chi connectivity index (χ1n) is 31.7. The summed E-state index contributed by atoms with van der Waals surface area (Å²) in [6, 6.07) is -1.06. The van der Waals surface area contributed by atoms with Gasteiger partial charge in [0.25, 0.3) is 0 Å². The number of aliphatic hydroxyl groups excluding tert-OH is 5. The molecule has 0 radical (unpaired) electrons. The molecule has 11 heteroatoms. The number of unbranched alkanes of at least 4 members (excludes halogenated alkanes) is 22. The van der Waals surface area contributed by atoms with Gasteiger partial charge in [-0.1, -0.05) is 239 Å². The van der Waals surface area contributed by atoms with Crippen molar-refractivity contribution in [2.24, 2.45) is 0 Å². The van der Waals surface area contributed by atoms with Crippen molar-refractivity contribution in [1.29, 1.82) is 0 Å². The molecule has 11 nitrogen and oxygen atoms in total. The van der Waals surface area contributed by atoms with Gasteiger partial charge in [-0.15, -0.1) is 0 Å². The van der Waals surface area contributed by atoms with Crippen LogP contribution < -0.4 is 5.32 Å². The number of hydrogen-bond donors (Lipinski definition) is 6. The van der Waals surface area contributed by atoms with Gasteiger partial charge in [0.1, 0.15) is 24.4 Å². The highest BCUT2D eigenvalue weighted by Gasteiger charge is 2.47. The molecule has 1 saturated heterocycles. The van der Waals surface area contributed by atoms with Gasteiger partial charge < -0.3 is 45.1 Å². The van der Waals surface area contributed by atoms with Crippen LogP contribution in [0.3, 0.4) is 0 Å². The zero-order valence-electron chi connectivity index (χ0n) is 50.0. The zero-order valence-corrected chi connectivity index (χ0v) is 50.0. The van der Waals surface area contributed by atoms with Gasteiger partial charge in [0.2, 0.25) is 5.91 Å². The fourth-order valence-electron chi connectivity index (χ4n) is 9.09. The normalized spacial score (nSPS) is 19.6. The summed E-state index contributed by atoms with van der Waals surface area (Å²) in [7, 11) is 0. The lowest BCUT2D eigenvalue weighted by molar-refractivity contribution is -0.305. The van der Waals surface area contributed by atoms with Crippen LogP contribution in [0.1, 0.15) is 245 Å². The first kappa shape index (κ1) is 73.3. The predicted octanol–water partition coefficient (Wildman–Crippen LogP) is 15.3. The number of amides is 1. The van der Waals surface area contributed by atoms with E-state index < -0.39 is 67.4 Å². The summed E-state index contributed by atoms with van der Waals surface area (Å²) in [5.41, 5.74) is 0. The monoisotopic (exact) mass is 1110 g/mol. The van der Waals surface area contributed by atoms with E-state index in [1.54, 1.807) is 6.08 Å². The molecule has 452 valence electrons. The average molecular weight is 1110 g/mol. The first-order chi connectivity index (χ1) is 38.7. The Hall–Kier alpha value is -3.68. The molecule has 8 atom stereocenters. The van der Waals surface area contributed by atoms with Crippen molar-refractivity contribution < 1.29 is 49.3 Å². The molecule has 1 aliphatic rings. The van der Waals surface area contributed by atoms with Crippen LogP contribution in [0.5, 0.6) is 0 Å². The van der Waals surface area contributed by atoms with Gasteiger partial charge in [0.05, 0.1) is 25.4 Å². The van der Waals surface area contributed by atoms with E-state index in [-0.39, 0.29) is 19.4 Å². The molecule has 1 aliphatic heterocycles. The molecule has 1 fully saturated rings. The van der Waals surface area contributed by atoms with Crippen molar-refractivity contribution in [2.45, 2.75) is 294 Å². The van der Waals surface area contributed by atoms with Crippen LogP contribution in [-0.2, 0) is 23.8 Å². The van der Waals surface area contributed by atoms with Crippen LogP contribution >= 0.6 is 0 Å². The Balaban J connectivity index is 2.74. The molecule has 0 aliphatic carbocycles. The molecule has 1 rings (SSSR count). The summed E-state index contributed by atoms with van der Waals surface area (Å²) >= 11 is 0. The molecule has 8 unspecified atom stereocenters. The van der Waals surface area contributed by atoms with Crippen LogP contribution in [0.2, 0.25) is 0 Å². The Morgan fingerprint density at radius 1 is 0.494 bits per heavy atom. The van der Waals surface area contributed by atoms with E-state index in [2.05, 4.69) is 111 Å². The van der Waals surface area contributed by atoms with E-state index in [0.29, 0.717) is 12.8 Å². The average Bonchev–Trinajstić information content (AvgIpc) is 3.49. The second-order valence-electron chi connectivity index (χ2n) is 21.4. The Kier molecular flexibility index (Phi) is 50.9. The van der Waals surface area contributed by atoms with Crippen LogP contribution in [0.25, 0.3) is 0 Å². The summed E-state index contributed by atoms with van der Waals surface area (Å²) in [6.07, 6.45) is 64.1. The quantitative estimate of drug-likeness (QED) is 0.0195. The fraction of sp³-hybridized carbons (Fsp3) is 0.706. The lowest BCUT2D eigenvalue weighted by atomic mass is 9.99. The van der Waals surface area contributed by atoms with Crippen molar-refractivity contribution in [1.82, 2.24) is 5.32 Å². The topological polar surface area (TPSA) is 175 Å². The van der Waals surface area contributed by atoms with E-state index in [1.165, 1.54) is 96.3 Å². The number of ether oxygens (including phenoxy) is 3. The third-order valence-electron chi connectivity index (χ3n) is 14.2. The maximum Gasteiger partial charge on any atom is 0.306 e. The van der Waals surface area contributed by atoms with Gasteiger partial charge >= 0.3 is 5.97 Å². The Morgan fingerprint density at radius 3 is 1.33 bits per heavy atom. The van der Waals surface area contributed by atoms with E-state index in [4.69, 9.17) is 14.2 Å². The molecule has 1 amide bonds. The third kappa shape index (κ3) is 42.8. The number of carbonyl (C=O) groups excluding carboxylic acids is 2. The summed E-state index contributed by atoms with van der Waals surface area (Å²) in [6.45, 7) is 5.68. The molecule has 0 aromatic carbocycles. The molecule has 0 aromatic rings. The molecule has 1 heterocycles. The summed E-state index contributed by atoms with van der Waals surface area (Å²) < 4.78 is 17.6. The van der Waals surface area contributed by atoms with Gasteiger partial charge in [0, 0.05) is 6.42 Å². The Labute approximate surface area is 481 Å². The maximum absolute atomic E-state index is 13.4. The summed E-state index contributed by atoms with van der Waals surface area (Å²) in [4.78, 5) is 26.5. The molecule has 0 spiro atoms. The molecule has 0 aromatic heterocycles. The standard InChI is InChI=1S/C68H115NO10/c1-4-7-10-13-16-19-22-25-27-29-30-31-32-33-35-38-41-44-47-50-53-56-63(73)79-66-65(75)64(74)62(57-70)78-68(66)77-58-59(60(71)54-51-48-45-42-39-36-24-21-18-15-12-9-6-3)69-67(76)61(72)55-52-49-46-43-40-37-34-28-26-23-20-17-14-11-8-5-2/h16-17,19-20,25-28,30-31,33,35,37,40,46,49,51,54,59-62,64-66,68,70-72,74-75H,4-15,18,21-24,29,32,34,36,38-39,41-45,47-48,50,52-53,55-58H2,1-3H3,(H,69,76)/b19-16-,20-17-,27-25-,28-26-,31-30-,35-33-,40-37-,49-46-,54-51+. The minimum Gasteiger partial charge on any atom is -0.454 e. The van der Waals surface area contributed by atoms with Gasteiger partial charge in [-0.3, -0.25) is 9.59 Å². The van der Waals surface area contributed by atoms with Gasteiger partial charge in [-0.25, -0.2) is 0 Å². The number of rotatable bonds is 52. The highest BCUT2D eigenvalue weighted by molar-refractivity contribution is 5.80. The number of nitrogens with one attached hydrogen (secondary N) is 1. The number of allylic oxidation sites excluding steroid dienone is 17. The van der Waals surface area contributed by atoms with Gasteiger partial charge in [-0.2, -0.15) is 0 Å². The highest BCUT2D eigenvalue weighted by atomic mass is 16.7. The van der Waals surface area contributed by atoms with Crippen molar-refractivity contribution in [2.75, 3.05) is 13.2 Å². The molecule has 6 N–H and O–H groups in total. The van der Waals surface area contributed by atoms with Gasteiger partial charge in [0.15, 0.2) is 12.4 Å². The predicted molar refractivity (Wildman–Crippen MR) is 328 cm³/mol. The summed E-state index contributed by atoms with van der Waals surface area (Å²) in [5, 5.41) is 56.9. The van der Waals surface area contributed by atoms with E-state index >= 15 is 0 Å². The lowest BCUT2D eigenvalue weighted by Gasteiger charge is -2.41. The molecular weight excluding hydrogens is 991 g/mol. The molecule has 0 saturated carbocycles. The molecule has 0 bridgehead atoms. The maximum atomic E-state index is 13.4. The highest BCUT2D eigenvalue weighted by Crippen LogP contribution is 2.26. The third-order valence-corrected chi connectivity index (χ3v) is 14.2. The second kappa shape index (κ2) is 54.9. The number of hydrogen-bond acceptors (Lipinski definition) is 10. The van der Waals surface area contributed by atoms with Crippen molar-refractivity contribution in [3.05, 3.63) is 109 Å². The van der Waals surface area contributed by atoms with Crippen molar-refractivity contribution >= 4 is 11.9 Å². The molecule has 79 heavy (non-hydrogen) atoms. The van der Waals surface area contributed by atoms with Crippen LogP contribution in [0, 0.1) is 0 Å². The van der Waals surface area contributed by atoms with E-state index in [0.717, 1.165) is 103 Å². The number of carbonyl (C=O) groups is 2. The fourth-order valence-corrected chi connectivity index (χ4v) is 9.09. The van der Waals surface area contributed by atoms with Gasteiger partial charge in [-0.05, 0) is 109 Å². The molecular formula is C68H115NO10. The SMILES string of the molecule is CCCCC/C=C\C/C=C\C/C=C\C/C=C\CCCCCCCC(=O)OC1C(OCC(NC(=O)C(O)CC/C=C\C/C=C\C/C=C\C/C=C\CCCCC)C(O)/C=C/CCCCCCCCCCCCC)OC(CO)C(O)C1O. The van der Waals surface area contributed by atoms with E-state index in [1.807, 2.05) is 18.2 Å². The van der Waals surface area contributed by atoms with E-state index in [9.17, 15) is 35.1 Å².